The van der Waals surface area contributed by atoms with Crippen molar-refractivity contribution < 1.29 is 19.2 Å². The van der Waals surface area contributed by atoms with Crippen LogP contribution in [0, 0.1) is 18.8 Å². The number of carbonyl (C=O) groups is 2. The molecule has 23 heavy (non-hydrogen) atoms. The molecule has 1 amide bonds. The number of carboxylic acids is 1. The van der Waals surface area contributed by atoms with Crippen molar-refractivity contribution in [3.8, 4) is 0 Å². The van der Waals surface area contributed by atoms with E-state index in [1.54, 1.807) is 11.8 Å². The van der Waals surface area contributed by atoms with Crippen LogP contribution < -0.4 is 0 Å². The summed E-state index contributed by atoms with van der Waals surface area (Å²) in [5, 5.41) is 13.1. The topological polar surface area (TPSA) is 96.5 Å². The van der Waals surface area contributed by atoms with Gasteiger partial charge in [0.15, 0.2) is 5.82 Å². The number of piperidine rings is 1. The van der Waals surface area contributed by atoms with Crippen molar-refractivity contribution in [1.29, 1.82) is 0 Å². The number of aliphatic carboxylic acids is 1. The fourth-order valence-electron chi connectivity index (χ4n) is 3.42. The minimum Gasteiger partial charge on any atom is -0.481 e. The van der Waals surface area contributed by atoms with E-state index in [0.29, 0.717) is 37.6 Å². The fourth-order valence-corrected chi connectivity index (χ4v) is 3.42. The number of carboxylic acid groups (broad SMARTS) is 1. The first-order valence-corrected chi connectivity index (χ1v) is 8.03. The highest BCUT2D eigenvalue weighted by atomic mass is 16.5. The first-order valence-electron chi connectivity index (χ1n) is 8.03. The number of amides is 1. The van der Waals surface area contributed by atoms with E-state index >= 15 is 0 Å². The Labute approximate surface area is 134 Å². The number of aryl methyl sites for hydroxylation is 1. The van der Waals surface area contributed by atoms with Crippen LogP contribution in [0.5, 0.6) is 0 Å². The van der Waals surface area contributed by atoms with Gasteiger partial charge in [0.25, 0.3) is 0 Å². The van der Waals surface area contributed by atoms with Crippen LogP contribution in [0.1, 0.15) is 43.3 Å². The van der Waals surface area contributed by atoms with E-state index in [1.165, 1.54) is 0 Å². The van der Waals surface area contributed by atoms with Gasteiger partial charge in [-0.1, -0.05) is 17.3 Å². The fraction of sp³-hybridized carbons (Fsp3) is 0.625. The molecule has 1 N–H and O–H groups in total. The number of hydrogen-bond donors (Lipinski definition) is 1. The Morgan fingerprint density at radius 2 is 1.87 bits per heavy atom. The summed E-state index contributed by atoms with van der Waals surface area (Å²) in [5.41, 5.74) is 0. The minimum atomic E-state index is -0.885. The number of allylic oxidation sites excluding steroid dienone is 2. The molecule has 2 atom stereocenters. The van der Waals surface area contributed by atoms with Gasteiger partial charge in [-0.3, -0.25) is 9.59 Å². The van der Waals surface area contributed by atoms with Gasteiger partial charge >= 0.3 is 5.97 Å². The molecule has 3 rings (SSSR count). The van der Waals surface area contributed by atoms with Gasteiger partial charge < -0.3 is 14.5 Å². The lowest BCUT2D eigenvalue weighted by Gasteiger charge is -2.35. The van der Waals surface area contributed by atoms with E-state index in [1.807, 2.05) is 12.2 Å². The van der Waals surface area contributed by atoms with Gasteiger partial charge in [0, 0.05) is 19.0 Å². The third kappa shape index (κ3) is 3.28. The highest BCUT2D eigenvalue weighted by molar-refractivity contribution is 5.85. The molecule has 0 unspecified atom stereocenters. The maximum atomic E-state index is 12.7. The van der Waals surface area contributed by atoms with Crippen LogP contribution >= 0.6 is 0 Å². The average molecular weight is 319 g/mol. The van der Waals surface area contributed by atoms with Gasteiger partial charge in [-0.05, 0) is 32.6 Å². The Kier molecular flexibility index (Phi) is 4.45. The first-order chi connectivity index (χ1) is 11.1. The van der Waals surface area contributed by atoms with Gasteiger partial charge in [-0.2, -0.15) is 4.98 Å². The van der Waals surface area contributed by atoms with Gasteiger partial charge in [0.05, 0.1) is 11.8 Å². The number of carbonyl (C=O) groups excluding carboxylic acids is 1. The molecule has 0 spiro atoms. The van der Waals surface area contributed by atoms with Crippen LogP contribution in [0.2, 0.25) is 0 Å². The number of rotatable bonds is 3. The zero-order chi connectivity index (χ0) is 16.4. The predicted octanol–water partition coefficient (Wildman–Crippen LogP) is 1.75. The quantitative estimate of drug-likeness (QED) is 0.853. The second kappa shape index (κ2) is 6.52. The highest BCUT2D eigenvalue weighted by Gasteiger charge is 2.37. The van der Waals surface area contributed by atoms with E-state index in [4.69, 9.17) is 4.52 Å². The third-order valence-corrected chi connectivity index (χ3v) is 4.77. The summed E-state index contributed by atoms with van der Waals surface area (Å²) in [5.74, 6) is -0.536. The van der Waals surface area contributed by atoms with E-state index in [0.717, 1.165) is 12.8 Å². The van der Waals surface area contributed by atoms with Crippen LogP contribution in [0.25, 0.3) is 0 Å². The van der Waals surface area contributed by atoms with Crippen molar-refractivity contribution in [2.75, 3.05) is 13.1 Å². The maximum absolute atomic E-state index is 12.7. The molecule has 0 saturated carbocycles. The molecule has 1 aliphatic carbocycles. The van der Waals surface area contributed by atoms with Crippen LogP contribution in [-0.2, 0) is 9.59 Å². The summed E-state index contributed by atoms with van der Waals surface area (Å²) in [7, 11) is 0. The Balaban J connectivity index is 1.61. The predicted molar refractivity (Wildman–Crippen MR) is 80.6 cm³/mol. The number of hydrogen-bond acceptors (Lipinski definition) is 5. The lowest BCUT2D eigenvalue weighted by atomic mass is 9.81. The lowest BCUT2D eigenvalue weighted by Crippen LogP contribution is -2.45. The molecule has 2 aliphatic rings. The first kappa shape index (κ1) is 15.7. The van der Waals surface area contributed by atoms with Crippen molar-refractivity contribution in [2.45, 2.75) is 38.5 Å². The van der Waals surface area contributed by atoms with Crippen molar-refractivity contribution in [1.82, 2.24) is 15.0 Å². The molecule has 1 aromatic heterocycles. The maximum Gasteiger partial charge on any atom is 0.307 e. The molecule has 1 fully saturated rings. The summed E-state index contributed by atoms with van der Waals surface area (Å²) in [6, 6.07) is 0. The Morgan fingerprint density at radius 1 is 1.22 bits per heavy atom. The van der Waals surface area contributed by atoms with Crippen molar-refractivity contribution in [3.05, 3.63) is 23.9 Å². The van der Waals surface area contributed by atoms with Crippen LogP contribution in [-0.4, -0.2) is 45.1 Å². The Hall–Kier alpha value is -2.18. The normalized spacial score (nSPS) is 25.5. The molecule has 124 valence electrons. The summed E-state index contributed by atoms with van der Waals surface area (Å²) in [6.07, 6.45) is 6.26. The van der Waals surface area contributed by atoms with E-state index in [-0.39, 0.29) is 11.8 Å². The Morgan fingerprint density at radius 3 is 2.43 bits per heavy atom. The monoisotopic (exact) mass is 319 g/mol. The minimum absolute atomic E-state index is 0.0399. The van der Waals surface area contributed by atoms with Gasteiger partial charge in [-0.15, -0.1) is 0 Å². The van der Waals surface area contributed by atoms with Gasteiger partial charge in [-0.25, -0.2) is 0 Å². The molecular formula is C16H21N3O4. The molecule has 1 aromatic rings. The lowest BCUT2D eigenvalue weighted by molar-refractivity contribution is -0.151. The largest absolute Gasteiger partial charge is 0.481 e. The van der Waals surface area contributed by atoms with Gasteiger partial charge in [0.1, 0.15) is 0 Å². The molecule has 0 radical (unpaired) electrons. The SMILES string of the molecule is Cc1noc(C2CCN(C(=O)[C@H]3CC=CC[C@@H]3C(=O)O)CC2)n1. The Bertz CT molecular complexity index is 617. The second-order valence-corrected chi connectivity index (χ2v) is 6.27. The molecule has 0 aromatic carbocycles. The van der Waals surface area contributed by atoms with E-state index < -0.39 is 17.8 Å². The highest BCUT2D eigenvalue weighted by Crippen LogP contribution is 2.31. The molecule has 7 nitrogen and oxygen atoms in total. The average Bonchev–Trinajstić information content (AvgIpc) is 3.01. The van der Waals surface area contributed by atoms with Gasteiger partial charge in [0.2, 0.25) is 11.8 Å². The van der Waals surface area contributed by atoms with Crippen LogP contribution in [0.15, 0.2) is 16.7 Å². The third-order valence-electron chi connectivity index (χ3n) is 4.77. The summed E-state index contributed by atoms with van der Waals surface area (Å²) >= 11 is 0. The molecule has 2 heterocycles. The van der Waals surface area contributed by atoms with E-state index in [9.17, 15) is 14.7 Å². The number of likely N-dealkylation sites (tertiary alicyclic amines) is 1. The number of aromatic nitrogens is 2. The molecule has 7 heteroatoms. The van der Waals surface area contributed by atoms with Crippen molar-refractivity contribution >= 4 is 11.9 Å². The zero-order valence-electron chi connectivity index (χ0n) is 13.1. The molecular weight excluding hydrogens is 298 g/mol. The summed E-state index contributed by atoms with van der Waals surface area (Å²) in [6.45, 7) is 3.00. The zero-order valence-corrected chi connectivity index (χ0v) is 13.1. The van der Waals surface area contributed by atoms with Crippen LogP contribution in [0.4, 0.5) is 0 Å². The van der Waals surface area contributed by atoms with Crippen molar-refractivity contribution in [3.63, 3.8) is 0 Å². The summed E-state index contributed by atoms with van der Waals surface area (Å²) < 4.78 is 5.21. The second-order valence-electron chi connectivity index (χ2n) is 6.27. The van der Waals surface area contributed by atoms with Crippen molar-refractivity contribution in [2.24, 2.45) is 11.8 Å². The molecule has 1 saturated heterocycles. The smallest absolute Gasteiger partial charge is 0.307 e. The summed E-state index contributed by atoms with van der Waals surface area (Å²) in [4.78, 5) is 30.1. The van der Waals surface area contributed by atoms with E-state index in [2.05, 4.69) is 10.1 Å². The van der Waals surface area contributed by atoms with Crippen LogP contribution in [0.3, 0.4) is 0 Å². The standard InChI is InChI=1S/C16H21N3O4/c1-10-17-14(23-18-10)11-6-8-19(9-7-11)15(20)12-4-2-3-5-13(12)16(21)22/h2-3,11-13H,4-9H2,1H3,(H,21,22)/t12-,13-/m0/s1. The molecule has 1 aliphatic heterocycles. The number of nitrogens with zero attached hydrogens (tertiary/aromatic N) is 3. The molecule has 0 bridgehead atoms.